The van der Waals surface area contributed by atoms with Crippen molar-refractivity contribution >= 4 is 33.3 Å². The van der Waals surface area contributed by atoms with Crippen LogP contribution >= 0.6 is 0 Å². The van der Waals surface area contributed by atoms with Crippen LogP contribution < -0.4 is 11.1 Å². The first-order chi connectivity index (χ1) is 8.75. The quantitative estimate of drug-likeness (QED) is 0.624. The van der Waals surface area contributed by atoms with Gasteiger partial charge in [0.2, 0.25) is 0 Å². The van der Waals surface area contributed by atoms with Crippen molar-refractivity contribution in [1.29, 1.82) is 0 Å². The first-order valence-electron chi connectivity index (χ1n) is 5.72. The van der Waals surface area contributed by atoms with Gasteiger partial charge in [-0.05, 0) is 22.2 Å². The van der Waals surface area contributed by atoms with Crippen molar-refractivity contribution in [1.82, 2.24) is 0 Å². The van der Waals surface area contributed by atoms with Gasteiger partial charge in [0.25, 0.3) is 0 Å². The molecule has 88 valence electrons. The van der Waals surface area contributed by atoms with Gasteiger partial charge < -0.3 is 11.1 Å². The summed E-state index contributed by atoms with van der Waals surface area (Å²) in [5.74, 6) is 0. The lowest BCUT2D eigenvalue weighted by molar-refractivity contribution is 0.259. The van der Waals surface area contributed by atoms with Gasteiger partial charge in [-0.2, -0.15) is 0 Å². The molecule has 3 aromatic carbocycles. The van der Waals surface area contributed by atoms with Gasteiger partial charge in [0.1, 0.15) is 0 Å². The van der Waals surface area contributed by atoms with Gasteiger partial charge in [-0.1, -0.05) is 48.5 Å². The molecule has 0 aliphatic rings. The van der Waals surface area contributed by atoms with Crippen molar-refractivity contribution in [3.63, 3.8) is 0 Å². The third kappa shape index (κ3) is 1.66. The van der Waals surface area contributed by atoms with Crippen molar-refractivity contribution in [3.8, 4) is 0 Å². The zero-order valence-electron chi connectivity index (χ0n) is 9.68. The van der Waals surface area contributed by atoms with E-state index in [0.29, 0.717) is 0 Å². The number of carbonyl (C=O) groups excluding carboxylic acids is 1. The van der Waals surface area contributed by atoms with Crippen molar-refractivity contribution in [2.45, 2.75) is 0 Å². The Morgan fingerprint density at radius 2 is 1.61 bits per heavy atom. The number of urea groups is 1. The smallest absolute Gasteiger partial charge is 0.316 e. The van der Waals surface area contributed by atoms with E-state index in [2.05, 4.69) is 17.4 Å². The lowest BCUT2D eigenvalue weighted by Gasteiger charge is -2.09. The molecule has 18 heavy (non-hydrogen) atoms. The van der Waals surface area contributed by atoms with E-state index >= 15 is 0 Å². The number of nitrogens with two attached hydrogens (primary N) is 1. The van der Waals surface area contributed by atoms with E-state index in [1.54, 1.807) is 0 Å². The van der Waals surface area contributed by atoms with Gasteiger partial charge >= 0.3 is 6.03 Å². The fourth-order valence-electron chi connectivity index (χ4n) is 2.28. The molecule has 0 atom stereocenters. The summed E-state index contributed by atoms with van der Waals surface area (Å²) in [5, 5.41) is 7.11. The monoisotopic (exact) mass is 236 g/mol. The number of nitrogens with one attached hydrogen (secondary N) is 1. The summed E-state index contributed by atoms with van der Waals surface area (Å²) in [7, 11) is 0. The Labute approximate surface area is 104 Å². The Kier molecular flexibility index (Phi) is 2.38. The fraction of sp³-hybridized carbons (Fsp3) is 0. The highest BCUT2D eigenvalue weighted by atomic mass is 16.2. The molecule has 0 unspecified atom stereocenters. The van der Waals surface area contributed by atoms with Crippen LogP contribution in [0.15, 0.2) is 54.6 Å². The number of amides is 2. The van der Waals surface area contributed by atoms with Crippen LogP contribution in [0.4, 0.5) is 10.5 Å². The van der Waals surface area contributed by atoms with Crippen LogP contribution in [0.5, 0.6) is 0 Å². The van der Waals surface area contributed by atoms with Crippen molar-refractivity contribution in [3.05, 3.63) is 54.6 Å². The minimum atomic E-state index is -0.546. The number of anilines is 1. The first kappa shape index (κ1) is 10.6. The second kappa shape index (κ2) is 4.04. The predicted octanol–water partition coefficient (Wildman–Crippen LogP) is 3.48. The Hall–Kier alpha value is -2.55. The minimum Gasteiger partial charge on any atom is -0.351 e. The summed E-state index contributed by atoms with van der Waals surface area (Å²) in [6.07, 6.45) is 0. The molecule has 0 fully saturated rings. The van der Waals surface area contributed by atoms with Gasteiger partial charge in [-0.15, -0.1) is 0 Å². The average molecular weight is 236 g/mol. The van der Waals surface area contributed by atoms with Crippen molar-refractivity contribution in [2.75, 3.05) is 5.32 Å². The second-order valence-corrected chi connectivity index (χ2v) is 4.18. The second-order valence-electron chi connectivity index (χ2n) is 4.18. The van der Waals surface area contributed by atoms with E-state index in [9.17, 15) is 4.79 Å². The van der Waals surface area contributed by atoms with Crippen LogP contribution in [-0.4, -0.2) is 6.03 Å². The summed E-state index contributed by atoms with van der Waals surface area (Å²) in [4.78, 5) is 11.0. The van der Waals surface area contributed by atoms with Gasteiger partial charge in [-0.25, -0.2) is 4.79 Å². The number of hydrogen-bond donors (Lipinski definition) is 2. The number of fused-ring (bicyclic) bond motifs is 3. The highest BCUT2D eigenvalue weighted by Gasteiger charge is 2.05. The number of carbonyl (C=O) groups is 1. The SMILES string of the molecule is NC(=O)Nc1cccc2c1ccc1ccccc12. The Morgan fingerprint density at radius 3 is 2.44 bits per heavy atom. The summed E-state index contributed by atoms with van der Waals surface area (Å²) in [6.45, 7) is 0. The summed E-state index contributed by atoms with van der Waals surface area (Å²) < 4.78 is 0. The van der Waals surface area contributed by atoms with Crippen molar-refractivity contribution < 1.29 is 4.79 Å². The highest BCUT2D eigenvalue weighted by molar-refractivity contribution is 6.13. The molecule has 3 heteroatoms. The van der Waals surface area contributed by atoms with E-state index in [0.717, 1.165) is 16.5 Å². The standard InChI is InChI=1S/C15H12N2O/c16-15(18)17-14-7-3-6-12-11-5-2-1-4-10(11)8-9-13(12)14/h1-9H,(H3,16,17,18). The summed E-state index contributed by atoms with van der Waals surface area (Å²) >= 11 is 0. The highest BCUT2D eigenvalue weighted by Crippen LogP contribution is 2.29. The molecule has 0 heterocycles. The van der Waals surface area contributed by atoms with E-state index in [1.807, 2.05) is 42.5 Å². The molecule has 3 rings (SSSR count). The summed E-state index contributed by atoms with van der Waals surface area (Å²) in [6, 6.07) is 17.5. The third-order valence-corrected chi connectivity index (χ3v) is 3.04. The van der Waals surface area contributed by atoms with E-state index in [1.165, 1.54) is 10.8 Å². The largest absolute Gasteiger partial charge is 0.351 e. The van der Waals surface area contributed by atoms with Crippen LogP contribution in [0.3, 0.4) is 0 Å². The molecule has 0 bridgehead atoms. The fourth-order valence-corrected chi connectivity index (χ4v) is 2.28. The molecule has 0 radical (unpaired) electrons. The predicted molar refractivity (Wildman–Crippen MR) is 74.7 cm³/mol. The molecule has 3 aromatic rings. The van der Waals surface area contributed by atoms with Gasteiger partial charge in [0.05, 0.1) is 5.69 Å². The molecule has 3 nitrogen and oxygen atoms in total. The number of hydrogen-bond acceptors (Lipinski definition) is 1. The van der Waals surface area contributed by atoms with E-state index < -0.39 is 6.03 Å². The zero-order chi connectivity index (χ0) is 12.5. The van der Waals surface area contributed by atoms with Gasteiger partial charge in [0.15, 0.2) is 0 Å². The molecular formula is C15H12N2O. The Morgan fingerprint density at radius 1 is 0.833 bits per heavy atom. The third-order valence-electron chi connectivity index (χ3n) is 3.04. The number of benzene rings is 3. The van der Waals surface area contributed by atoms with Crippen LogP contribution in [0.2, 0.25) is 0 Å². The lowest BCUT2D eigenvalue weighted by Crippen LogP contribution is -2.19. The molecule has 0 aromatic heterocycles. The van der Waals surface area contributed by atoms with Gasteiger partial charge in [-0.3, -0.25) is 0 Å². The van der Waals surface area contributed by atoms with Crippen LogP contribution in [-0.2, 0) is 0 Å². The lowest BCUT2D eigenvalue weighted by atomic mass is 10.0. The maximum absolute atomic E-state index is 11.0. The minimum absolute atomic E-state index is 0.546. The Bertz CT molecular complexity index is 750. The summed E-state index contributed by atoms with van der Waals surface area (Å²) in [5.41, 5.74) is 5.92. The van der Waals surface area contributed by atoms with Crippen molar-refractivity contribution in [2.24, 2.45) is 5.73 Å². The van der Waals surface area contributed by atoms with Crippen LogP contribution in [0.1, 0.15) is 0 Å². The molecule has 0 aliphatic heterocycles. The molecular weight excluding hydrogens is 224 g/mol. The molecule has 0 aliphatic carbocycles. The average Bonchev–Trinajstić information content (AvgIpc) is 2.38. The topological polar surface area (TPSA) is 55.1 Å². The molecule has 3 N–H and O–H groups in total. The van der Waals surface area contributed by atoms with E-state index in [4.69, 9.17) is 5.73 Å². The number of primary amides is 1. The Balaban J connectivity index is 2.36. The molecule has 2 amide bonds. The maximum atomic E-state index is 11.0. The molecule has 0 saturated heterocycles. The van der Waals surface area contributed by atoms with Crippen LogP contribution in [0, 0.1) is 0 Å². The molecule has 0 saturated carbocycles. The normalized spacial score (nSPS) is 10.7. The first-order valence-corrected chi connectivity index (χ1v) is 5.72. The number of rotatable bonds is 1. The molecule has 0 spiro atoms. The van der Waals surface area contributed by atoms with Gasteiger partial charge in [0, 0.05) is 5.39 Å². The maximum Gasteiger partial charge on any atom is 0.316 e. The zero-order valence-corrected chi connectivity index (χ0v) is 9.68. The van der Waals surface area contributed by atoms with Crippen LogP contribution in [0.25, 0.3) is 21.5 Å². The van der Waals surface area contributed by atoms with E-state index in [-0.39, 0.29) is 0 Å².